The minimum absolute atomic E-state index is 0.0160. The first-order valence-electron chi connectivity index (χ1n) is 6.90. The summed E-state index contributed by atoms with van der Waals surface area (Å²) in [5.41, 5.74) is -0.0160. The van der Waals surface area contributed by atoms with Crippen LogP contribution in [0.3, 0.4) is 0 Å². The van der Waals surface area contributed by atoms with Gasteiger partial charge in [0.1, 0.15) is 10.6 Å². The highest BCUT2D eigenvalue weighted by Crippen LogP contribution is 2.24. The fraction of sp³-hybridized carbons (Fsp3) is 0.357. The maximum absolute atomic E-state index is 12.2. The molecule has 0 aliphatic carbocycles. The third-order valence-corrected chi connectivity index (χ3v) is 4.11. The lowest BCUT2D eigenvalue weighted by atomic mass is 10.3. The second-order valence-corrected chi connectivity index (χ2v) is 5.67. The van der Waals surface area contributed by atoms with Crippen molar-refractivity contribution in [1.82, 2.24) is 19.1 Å². The van der Waals surface area contributed by atoms with Gasteiger partial charge in [0, 0.05) is 26.0 Å². The van der Waals surface area contributed by atoms with Crippen LogP contribution in [0.15, 0.2) is 28.6 Å². The Morgan fingerprint density at radius 1 is 1.29 bits per heavy atom. The van der Waals surface area contributed by atoms with Gasteiger partial charge < -0.3 is 5.32 Å². The molecule has 0 aromatic carbocycles. The second kappa shape index (κ2) is 5.69. The van der Waals surface area contributed by atoms with Crippen LogP contribution in [0.1, 0.15) is 19.2 Å². The summed E-state index contributed by atoms with van der Waals surface area (Å²) in [5, 5.41) is 6.10. The summed E-state index contributed by atoms with van der Waals surface area (Å²) in [6, 6.07) is 2.00. The lowest BCUT2D eigenvalue weighted by Gasteiger charge is -2.05. The molecule has 0 saturated carbocycles. The minimum Gasteiger partial charge on any atom is -0.372 e. The van der Waals surface area contributed by atoms with E-state index in [1.54, 1.807) is 26.7 Å². The number of fused-ring (bicyclic) bond motifs is 1. The molecule has 0 unspecified atom stereocenters. The zero-order valence-electron chi connectivity index (χ0n) is 12.0. The molecular formula is C14H17N5OS. The van der Waals surface area contributed by atoms with Crippen LogP contribution in [0.5, 0.6) is 0 Å². The lowest BCUT2D eigenvalue weighted by molar-refractivity contribution is 0.617. The SMILES string of the molecule is CCCn1ccn(Cc2nc(NC)c3ccsc3n2)c1=O. The fourth-order valence-electron chi connectivity index (χ4n) is 2.30. The third kappa shape index (κ3) is 2.56. The quantitative estimate of drug-likeness (QED) is 0.784. The van der Waals surface area contributed by atoms with E-state index < -0.39 is 0 Å². The molecule has 0 amide bonds. The van der Waals surface area contributed by atoms with Gasteiger partial charge in [-0.3, -0.25) is 9.13 Å². The summed E-state index contributed by atoms with van der Waals surface area (Å²) in [6.07, 6.45) is 4.54. The van der Waals surface area contributed by atoms with Crippen LogP contribution >= 0.6 is 11.3 Å². The maximum atomic E-state index is 12.2. The topological polar surface area (TPSA) is 64.7 Å². The van der Waals surface area contributed by atoms with E-state index in [4.69, 9.17) is 0 Å². The Hall–Kier alpha value is -2.15. The van der Waals surface area contributed by atoms with Gasteiger partial charge in [0.2, 0.25) is 0 Å². The van der Waals surface area contributed by atoms with Crippen LogP contribution in [0.4, 0.5) is 5.82 Å². The predicted octanol–water partition coefficient (Wildman–Crippen LogP) is 2.15. The summed E-state index contributed by atoms with van der Waals surface area (Å²) in [7, 11) is 1.84. The Labute approximate surface area is 126 Å². The summed E-state index contributed by atoms with van der Waals surface area (Å²) < 4.78 is 3.35. The van der Waals surface area contributed by atoms with Crippen molar-refractivity contribution >= 4 is 27.4 Å². The highest BCUT2D eigenvalue weighted by atomic mass is 32.1. The van der Waals surface area contributed by atoms with E-state index in [0.717, 1.165) is 29.0 Å². The molecule has 110 valence electrons. The first-order valence-corrected chi connectivity index (χ1v) is 7.78. The molecule has 0 spiro atoms. The zero-order valence-corrected chi connectivity index (χ0v) is 12.9. The molecular weight excluding hydrogens is 286 g/mol. The van der Waals surface area contributed by atoms with Gasteiger partial charge in [-0.2, -0.15) is 0 Å². The maximum Gasteiger partial charge on any atom is 0.328 e. The van der Waals surface area contributed by atoms with E-state index >= 15 is 0 Å². The Bertz CT molecular complexity index is 816. The van der Waals surface area contributed by atoms with Crippen molar-refractivity contribution in [2.75, 3.05) is 12.4 Å². The number of aromatic nitrogens is 4. The summed E-state index contributed by atoms with van der Waals surface area (Å²) in [5.74, 6) is 1.45. The van der Waals surface area contributed by atoms with Gasteiger partial charge in [-0.15, -0.1) is 11.3 Å². The monoisotopic (exact) mass is 303 g/mol. The highest BCUT2D eigenvalue weighted by Gasteiger charge is 2.10. The van der Waals surface area contributed by atoms with Crippen LogP contribution < -0.4 is 11.0 Å². The fourth-order valence-corrected chi connectivity index (χ4v) is 3.08. The number of aryl methyl sites for hydroxylation is 1. The van der Waals surface area contributed by atoms with Crippen molar-refractivity contribution < 1.29 is 0 Å². The van der Waals surface area contributed by atoms with Crippen LogP contribution in [0.25, 0.3) is 10.2 Å². The molecule has 3 rings (SSSR count). The predicted molar refractivity (Wildman–Crippen MR) is 85.0 cm³/mol. The molecule has 3 aromatic heterocycles. The Morgan fingerprint density at radius 2 is 2.10 bits per heavy atom. The number of nitrogens with zero attached hydrogens (tertiary/aromatic N) is 4. The number of rotatable bonds is 5. The first kappa shape index (κ1) is 13.8. The van der Waals surface area contributed by atoms with Gasteiger partial charge in [0.25, 0.3) is 0 Å². The molecule has 7 heteroatoms. The summed E-state index contributed by atoms with van der Waals surface area (Å²) in [4.78, 5) is 22.2. The van der Waals surface area contributed by atoms with Crippen LogP contribution in [0, 0.1) is 0 Å². The van der Waals surface area contributed by atoms with Crippen LogP contribution in [-0.4, -0.2) is 26.1 Å². The van der Waals surface area contributed by atoms with E-state index in [-0.39, 0.29) is 5.69 Å². The number of hydrogen-bond acceptors (Lipinski definition) is 5. The van der Waals surface area contributed by atoms with Crippen LogP contribution in [-0.2, 0) is 13.1 Å². The zero-order chi connectivity index (χ0) is 14.8. The summed E-state index contributed by atoms with van der Waals surface area (Å²) >= 11 is 1.58. The molecule has 3 heterocycles. The molecule has 21 heavy (non-hydrogen) atoms. The Kier molecular flexibility index (Phi) is 3.74. The molecule has 0 saturated heterocycles. The molecule has 0 atom stereocenters. The number of nitrogens with one attached hydrogen (secondary N) is 1. The summed E-state index contributed by atoms with van der Waals surface area (Å²) in [6.45, 7) is 3.17. The highest BCUT2D eigenvalue weighted by molar-refractivity contribution is 7.16. The van der Waals surface area contributed by atoms with Crippen molar-refractivity contribution in [3.05, 3.63) is 40.1 Å². The molecule has 3 aromatic rings. The number of thiophene rings is 1. The molecule has 0 aliphatic rings. The normalized spacial score (nSPS) is 11.1. The molecule has 6 nitrogen and oxygen atoms in total. The van der Waals surface area contributed by atoms with Crippen molar-refractivity contribution in [3.8, 4) is 0 Å². The van der Waals surface area contributed by atoms with E-state index in [1.165, 1.54) is 0 Å². The van der Waals surface area contributed by atoms with Crippen molar-refractivity contribution in [1.29, 1.82) is 0 Å². The average molecular weight is 303 g/mol. The Balaban J connectivity index is 1.96. The standard InChI is InChI=1S/C14H17N5OS/c1-3-5-18-6-7-19(14(18)20)9-11-16-12(15-2)10-4-8-21-13(10)17-11/h4,6-8H,3,5,9H2,1-2H3,(H,15,16,17). The van der Waals surface area contributed by atoms with Gasteiger partial charge in [0.15, 0.2) is 5.82 Å². The number of imidazole rings is 1. The molecule has 0 fully saturated rings. The largest absolute Gasteiger partial charge is 0.372 e. The van der Waals surface area contributed by atoms with Gasteiger partial charge in [-0.25, -0.2) is 14.8 Å². The third-order valence-electron chi connectivity index (χ3n) is 3.30. The number of hydrogen-bond donors (Lipinski definition) is 1. The van der Waals surface area contributed by atoms with Crippen molar-refractivity contribution in [2.45, 2.75) is 26.4 Å². The van der Waals surface area contributed by atoms with E-state index in [2.05, 4.69) is 22.2 Å². The van der Waals surface area contributed by atoms with Gasteiger partial charge >= 0.3 is 5.69 Å². The Morgan fingerprint density at radius 3 is 2.86 bits per heavy atom. The molecule has 0 bridgehead atoms. The van der Waals surface area contributed by atoms with E-state index in [1.807, 2.05) is 24.7 Å². The lowest BCUT2D eigenvalue weighted by Crippen LogP contribution is -2.25. The van der Waals surface area contributed by atoms with Crippen LogP contribution in [0.2, 0.25) is 0 Å². The van der Waals surface area contributed by atoms with Gasteiger partial charge in [-0.1, -0.05) is 6.92 Å². The first-order chi connectivity index (χ1) is 10.2. The van der Waals surface area contributed by atoms with Gasteiger partial charge in [0.05, 0.1) is 11.9 Å². The van der Waals surface area contributed by atoms with E-state index in [0.29, 0.717) is 12.4 Å². The van der Waals surface area contributed by atoms with Gasteiger partial charge in [-0.05, 0) is 17.9 Å². The average Bonchev–Trinajstić information content (AvgIpc) is 3.08. The molecule has 1 N–H and O–H groups in total. The van der Waals surface area contributed by atoms with Crippen molar-refractivity contribution in [2.24, 2.45) is 0 Å². The van der Waals surface area contributed by atoms with E-state index in [9.17, 15) is 4.79 Å². The van der Waals surface area contributed by atoms with Crippen molar-refractivity contribution in [3.63, 3.8) is 0 Å². The minimum atomic E-state index is -0.0160. The number of anilines is 1. The molecule has 0 radical (unpaired) electrons. The molecule has 0 aliphatic heterocycles. The second-order valence-electron chi connectivity index (χ2n) is 4.78. The smallest absolute Gasteiger partial charge is 0.328 e.